The van der Waals surface area contributed by atoms with Crippen LogP contribution >= 0.6 is 23.2 Å². The summed E-state index contributed by atoms with van der Waals surface area (Å²) >= 11 is 11.1. The summed E-state index contributed by atoms with van der Waals surface area (Å²) in [6, 6.07) is 4.77. The second kappa shape index (κ2) is 9.23. The molecule has 0 spiro atoms. The highest BCUT2D eigenvalue weighted by Crippen LogP contribution is 2.25. The highest BCUT2D eigenvalue weighted by atomic mass is 35.5. The van der Waals surface area contributed by atoms with Gasteiger partial charge in [-0.05, 0) is 52.1 Å². The number of phenols is 1. The van der Waals surface area contributed by atoms with Crippen LogP contribution in [-0.2, 0) is 4.79 Å². The van der Waals surface area contributed by atoms with Gasteiger partial charge in [0, 0.05) is 25.6 Å². The number of benzene rings is 1. The third-order valence-corrected chi connectivity index (χ3v) is 4.45. The van der Waals surface area contributed by atoms with Crippen LogP contribution in [0.5, 0.6) is 5.75 Å². The van der Waals surface area contributed by atoms with Crippen LogP contribution in [-0.4, -0.2) is 54.0 Å². The van der Waals surface area contributed by atoms with E-state index in [2.05, 4.69) is 11.8 Å². The molecule has 1 unspecified atom stereocenters. The molecule has 0 radical (unpaired) electrons. The number of likely N-dealkylation sites (tertiary alicyclic amines) is 1. The molecule has 22 heavy (non-hydrogen) atoms. The summed E-state index contributed by atoms with van der Waals surface area (Å²) in [4.78, 5) is 15.7. The fraction of sp³-hybridized carbons (Fsp3) is 0.562. The van der Waals surface area contributed by atoms with Gasteiger partial charge >= 0.3 is 0 Å². The molecule has 0 bridgehead atoms. The molecule has 0 saturated carbocycles. The topological polar surface area (TPSA) is 43.8 Å². The van der Waals surface area contributed by atoms with E-state index in [-0.39, 0.29) is 5.75 Å². The Morgan fingerprint density at radius 3 is 2.32 bits per heavy atom. The number of hydrogen-bond donors (Lipinski definition) is 1. The lowest BCUT2D eigenvalue weighted by Crippen LogP contribution is -2.34. The van der Waals surface area contributed by atoms with Gasteiger partial charge in [-0.25, -0.2) is 0 Å². The number of phenolic OH excluding ortho intramolecular Hbond substituents is 1. The van der Waals surface area contributed by atoms with Crippen molar-refractivity contribution in [3.8, 4) is 5.75 Å². The first-order valence-electron chi connectivity index (χ1n) is 7.39. The number of carbonyl (C=O) groups is 1. The van der Waals surface area contributed by atoms with Crippen LogP contribution in [0.4, 0.5) is 0 Å². The molecule has 6 heteroatoms. The third-order valence-electron chi connectivity index (χ3n) is 3.71. The van der Waals surface area contributed by atoms with Gasteiger partial charge in [0.2, 0.25) is 5.91 Å². The molecule has 1 fully saturated rings. The van der Waals surface area contributed by atoms with E-state index >= 15 is 0 Å². The van der Waals surface area contributed by atoms with E-state index in [1.54, 1.807) is 6.07 Å². The summed E-state index contributed by atoms with van der Waals surface area (Å²) in [5.74, 6) is 0.447. The summed E-state index contributed by atoms with van der Waals surface area (Å²) in [7, 11) is 4.03. The Bertz CT molecular complexity index is 489. The molecular weight excluding hydrogens is 323 g/mol. The van der Waals surface area contributed by atoms with Gasteiger partial charge in [0.1, 0.15) is 5.75 Å². The molecule has 1 N–H and O–H groups in total. The molecule has 1 aliphatic rings. The summed E-state index contributed by atoms with van der Waals surface area (Å²) < 4.78 is 0. The molecule has 1 amide bonds. The predicted octanol–water partition coefficient (Wildman–Crippen LogP) is 3.65. The Morgan fingerprint density at radius 1 is 1.27 bits per heavy atom. The number of halogens is 2. The minimum Gasteiger partial charge on any atom is -0.508 e. The van der Waals surface area contributed by atoms with Crippen molar-refractivity contribution < 1.29 is 9.90 Å². The van der Waals surface area contributed by atoms with Crippen molar-refractivity contribution in [1.29, 1.82) is 0 Å². The Morgan fingerprint density at radius 2 is 1.86 bits per heavy atom. The second-order valence-electron chi connectivity index (χ2n) is 5.70. The SMILES string of the molecule is CC(CC(=O)N1CCCC1)N(C)C.Oc1ccc(Cl)c(Cl)c1. The average Bonchev–Trinajstić information content (AvgIpc) is 2.98. The maximum atomic E-state index is 11.7. The van der Waals surface area contributed by atoms with Gasteiger partial charge in [0.15, 0.2) is 0 Å². The Balaban J connectivity index is 0.000000235. The van der Waals surface area contributed by atoms with Gasteiger partial charge in [0.05, 0.1) is 10.0 Å². The number of hydrogen-bond acceptors (Lipinski definition) is 3. The van der Waals surface area contributed by atoms with Gasteiger partial charge < -0.3 is 14.9 Å². The van der Waals surface area contributed by atoms with E-state index in [0.29, 0.717) is 28.4 Å². The van der Waals surface area contributed by atoms with Gasteiger partial charge in [-0.2, -0.15) is 0 Å². The summed E-state index contributed by atoms with van der Waals surface area (Å²) in [5.41, 5.74) is 0. The maximum absolute atomic E-state index is 11.7. The Hall–Kier alpha value is -0.970. The first-order chi connectivity index (χ1) is 10.3. The highest BCUT2D eigenvalue weighted by molar-refractivity contribution is 6.42. The van der Waals surface area contributed by atoms with Crippen LogP contribution < -0.4 is 0 Å². The summed E-state index contributed by atoms with van der Waals surface area (Å²) in [6.45, 7) is 4.03. The lowest BCUT2D eigenvalue weighted by molar-refractivity contribution is -0.131. The van der Waals surface area contributed by atoms with Crippen LogP contribution in [0, 0.1) is 0 Å². The molecule has 0 aliphatic carbocycles. The molecule has 1 atom stereocenters. The monoisotopic (exact) mass is 346 g/mol. The van der Waals surface area contributed by atoms with Crippen molar-refractivity contribution in [2.24, 2.45) is 0 Å². The van der Waals surface area contributed by atoms with E-state index < -0.39 is 0 Å². The van der Waals surface area contributed by atoms with Gasteiger partial charge in [-0.1, -0.05) is 23.2 Å². The largest absolute Gasteiger partial charge is 0.508 e. The molecule has 124 valence electrons. The summed E-state index contributed by atoms with van der Waals surface area (Å²) in [6.07, 6.45) is 3.02. The predicted molar refractivity (Wildman–Crippen MR) is 91.7 cm³/mol. The van der Waals surface area contributed by atoms with Crippen molar-refractivity contribution in [2.75, 3.05) is 27.2 Å². The standard InChI is InChI=1S/C10H20N2O.C6H4Cl2O/c1-9(11(2)3)8-10(13)12-6-4-5-7-12;7-5-2-1-4(9)3-6(5)8/h9H,4-8H2,1-3H3;1-3,9H. The third kappa shape index (κ3) is 6.42. The minimum absolute atomic E-state index is 0.129. The molecule has 1 aromatic rings. The molecule has 0 aromatic heterocycles. The number of amides is 1. The van der Waals surface area contributed by atoms with Gasteiger partial charge in [0.25, 0.3) is 0 Å². The molecule has 4 nitrogen and oxygen atoms in total. The van der Waals surface area contributed by atoms with Crippen LogP contribution in [0.15, 0.2) is 18.2 Å². The van der Waals surface area contributed by atoms with E-state index in [1.165, 1.54) is 25.0 Å². The zero-order valence-corrected chi connectivity index (χ0v) is 14.9. The Labute approximate surface area is 142 Å². The molecule has 1 aliphatic heterocycles. The van der Waals surface area contributed by atoms with Crippen LogP contribution in [0.2, 0.25) is 10.0 Å². The molecule has 2 rings (SSSR count). The fourth-order valence-corrected chi connectivity index (χ4v) is 2.31. The van der Waals surface area contributed by atoms with Crippen molar-refractivity contribution in [3.63, 3.8) is 0 Å². The zero-order chi connectivity index (χ0) is 16.7. The van der Waals surface area contributed by atoms with Crippen molar-refractivity contribution >= 4 is 29.1 Å². The van der Waals surface area contributed by atoms with Crippen molar-refractivity contribution in [2.45, 2.75) is 32.2 Å². The lowest BCUT2D eigenvalue weighted by atomic mass is 10.2. The van der Waals surface area contributed by atoms with Gasteiger partial charge in [-0.15, -0.1) is 0 Å². The van der Waals surface area contributed by atoms with E-state index in [1.807, 2.05) is 19.0 Å². The quantitative estimate of drug-likeness (QED) is 0.908. The molecule has 1 heterocycles. The van der Waals surface area contributed by atoms with E-state index in [4.69, 9.17) is 28.3 Å². The Kier molecular flexibility index (Phi) is 8.01. The number of rotatable bonds is 3. The van der Waals surface area contributed by atoms with Crippen molar-refractivity contribution in [3.05, 3.63) is 28.2 Å². The highest BCUT2D eigenvalue weighted by Gasteiger charge is 2.20. The normalized spacial score (nSPS) is 15.5. The molecule has 1 saturated heterocycles. The van der Waals surface area contributed by atoms with Gasteiger partial charge in [-0.3, -0.25) is 4.79 Å². The number of nitrogens with zero attached hydrogens (tertiary/aromatic N) is 2. The van der Waals surface area contributed by atoms with Crippen LogP contribution in [0.3, 0.4) is 0 Å². The first kappa shape index (κ1) is 19.1. The number of carbonyl (C=O) groups excluding carboxylic acids is 1. The molecular formula is C16H24Cl2N2O2. The van der Waals surface area contributed by atoms with Crippen LogP contribution in [0.1, 0.15) is 26.2 Å². The zero-order valence-electron chi connectivity index (χ0n) is 13.4. The second-order valence-corrected chi connectivity index (χ2v) is 6.52. The van der Waals surface area contributed by atoms with E-state index in [0.717, 1.165) is 13.1 Å². The maximum Gasteiger partial charge on any atom is 0.224 e. The van der Waals surface area contributed by atoms with Crippen LogP contribution in [0.25, 0.3) is 0 Å². The summed E-state index contributed by atoms with van der Waals surface area (Å²) in [5, 5.41) is 9.62. The average molecular weight is 347 g/mol. The van der Waals surface area contributed by atoms with E-state index in [9.17, 15) is 4.79 Å². The smallest absolute Gasteiger partial charge is 0.224 e. The van der Waals surface area contributed by atoms with Crippen molar-refractivity contribution in [1.82, 2.24) is 9.80 Å². The number of aromatic hydroxyl groups is 1. The molecule has 1 aromatic carbocycles. The first-order valence-corrected chi connectivity index (χ1v) is 8.15. The lowest BCUT2D eigenvalue weighted by Gasteiger charge is -2.22. The fourth-order valence-electron chi connectivity index (χ4n) is 2.02. The minimum atomic E-state index is 0.129.